The number of carbonyl (C=O) groups excluding carboxylic acids is 1. The standard InChI is InChI=1S/C25H22ClN5OS2/c1-4-20(23(32)28-24-27-19(13-33-24)16-8-10-17(26)11-9-16)34-25-30-29-21-12-15(3)18-7-5-6-14(2)22(18)31(21)25/h5-13,20H,4H2,1-3H3,(H,27,28,32). The highest BCUT2D eigenvalue weighted by molar-refractivity contribution is 8.00. The highest BCUT2D eigenvalue weighted by Gasteiger charge is 2.23. The second-order valence-corrected chi connectivity index (χ2v) is 10.5. The zero-order valence-corrected chi connectivity index (χ0v) is 21.3. The van der Waals surface area contributed by atoms with Crippen LogP contribution in [0.2, 0.25) is 5.02 Å². The van der Waals surface area contributed by atoms with Gasteiger partial charge in [-0.2, -0.15) is 0 Å². The minimum Gasteiger partial charge on any atom is -0.301 e. The van der Waals surface area contributed by atoms with Crippen molar-refractivity contribution in [3.8, 4) is 11.3 Å². The Morgan fingerprint density at radius 3 is 2.71 bits per heavy atom. The van der Waals surface area contributed by atoms with E-state index in [4.69, 9.17) is 11.6 Å². The van der Waals surface area contributed by atoms with E-state index in [0.29, 0.717) is 21.7 Å². The molecule has 0 radical (unpaired) electrons. The van der Waals surface area contributed by atoms with Gasteiger partial charge in [-0.05, 0) is 49.6 Å². The number of anilines is 1. The smallest absolute Gasteiger partial charge is 0.239 e. The first-order chi connectivity index (χ1) is 16.4. The predicted molar refractivity (Wildman–Crippen MR) is 141 cm³/mol. The number of amides is 1. The third kappa shape index (κ3) is 4.29. The number of aryl methyl sites for hydroxylation is 2. The molecule has 5 rings (SSSR count). The fraction of sp³-hybridized carbons (Fsp3) is 0.200. The van der Waals surface area contributed by atoms with E-state index in [0.717, 1.165) is 38.9 Å². The van der Waals surface area contributed by atoms with Crippen molar-refractivity contribution in [3.63, 3.8) is 0 Å². The number of nitrogens with zero attached hydrogens (tertiary/aromatic N) is 4. The minimum absolute atomic E-state index is 0.102. The van der Waals surface area contributed by atoms with Crippen molar-refractivity contribution in [2.24, 2.45) is 0 Å². The summed E-state index contributed by atoms with van der Waals surface area (Å²) in [5.74, 6) is -0.102. The molecule has 1 amide bonds. The molecule has 5 aromatic rings. The van der Waals surface area contributed by atoms with Crippen LogP contribution in [0.15, 0.2) is 59.1 Å². The summed E-state index contributed by atoms with van der Waals surface area (Å²) in [4.78, 5) is 17.7. The van der Waals surface area contributed by atoms with E-state index in [-0.39, 0.29) is 11.2 Å². The van der Waals surface area contributed by atoms with E-state index < -0.39 is 0 Å². The first-order valence-corrected chi connectivity index (χ1v) is 13.0. The first kappa shape index (κ1) is 22.8. The number of halogens is 1. The molecule has 2 aromatic carbocycles. The molecule has 1 atom stereocenters. The molecule has 0 saturated carbocycles. The lowest BCUT2D eigenvalue weighted by Gasteiger charge is -2.14. The second-order valence-electron chi connectivity index (χ2n) is 8.02. The number of thioether (sulfide) groups is 1. The Bertz CT molecular complexity index is 1510. The highest BCUT2D eigenvalue weighted by atomic mass is 35.5. The van der Waals surface area contributed by atoms with E-state index in [1.54, 1.807) is 0 Å². The summed E-state index contributed by atoms with van der Waals surface area (Å²) in [6, 6.07) is 15.8. The Labute approximate surface area is 210 Å². The van der Waals surface area contributed by atoms with Crippen LogP contribution in [0.1, 0.15) is 24.5 Å². The van der Waals surface area contributed by atoms with Gasteiger partial charge in [0.25, 0.3) is 0 Å². The van der Waals surface area contributed by atoms with Crippen LogP contribution >= 0.6 is 34.7 Å². The number of fused-ring (bicyclic) bond motifs is 3. The largest absolute Gasteiger partial charge is 0.301 e. The minimum atomic E-state index is -0.337. The van der Waals surface area contributed by atoms with Gasteiger partial charge in [0.1, 0.15) is 0 Å². The Morgan fingerprint density at radius 1 is 1.15 bits per heavy atom. The van der Waals surface area contributed by atoms with Crippen molar-refractivity contribution in [1.29, 1.82) is 0 Å². The lowest BCUT2D eigenvalue weighted by molar-refractivity contribution is -0.115. The summed E-state index contributed by atoms with van der Waals surface area (Å²) in [5, 5.41) is 16.5. The number of hydrogen-bond donors (Lipinski definition) is 1. The lowest BCUT2D eigenvalue weighted by Crippen LogP contribution is -2.24. The number of carbonyl (C=O) groups is 1. The maximum atomic E-state index is 13.1. The zero-order valence-electron chi connectivity index (χ0n) is 18.9. The fourth-order valence-corrected chi connectivity index (χ4v) is 5.74. The number of pyridine rings is 1. The molecule has 0 bridgehead atoms. The van der Waals surface area contributed by atoms with Crippen LogP contribution in [-0.2, 0) is 4.79 Å². The van der Waals surface area contributed by atoms with Crippen LogP contribution in [-0.4, -0.2) is 30.7 Å². The van der Waals surface area contributed by atoms with Gasteiger partial charge < -0.3 is 5.32 Å². The van der Waals surface area contributed by atoms with Crippen LogP contribution in [0.3, 0.4) is 0 Å². The topological polar surface area (TPSA) is 72.2 Å². The maximum Gasteiger partial charge on any atom is 0.239 e. The Hall–Kier alpha value is -2.94. The molecule has 3 heterocycles. The number of aromatic nitrogens is 4. The molecular formula is C25H22ClN5OS2. The van der Waals surface area contributed by atoms with Crippen LogP contribution in [0.4, 0.5) is 5.13 Å². The number of para-hydroxylation sites is 1. The van der Waals surface area contributed by atoms with Crippen molar-refractivity contribution >= 4 is 62.3 Å². The third-order valence-corrected chi connectivity index (χ3v) is 7.99. The van der Waals surface area contributed by atoms with Gasteiger partial charge in [-0.25, -0.2) is 4.98 Å². The summed E-state index contributed by atoms with van der Waals surface area (Å²) in [5.41, 5.74) is 5.91. The summed E-state index contributed by atoms with van der Waals surface area (Å²) in [6.45, 7) is 6.16. The van der Waals surface area contributed by atoms with Gasteiger partial charge in [-0.15, -0.1) is 21.5 Å². The average Bonchev–Trinajstić information content (AvgIpc) is 3.45. The van der Waals surface area contributed by atoms with Gasteiger partial charge in [0.05, 0.1) is 16.5 Å². The summed E-state index contributed by atoms with van der Waals surface area (Å²) >= 11 is 8.81. The van der Waals surface area contributed by atoms with Crippen LogP contribution in [0.25, 0.3) is 27.8 Å². The highest BCUT2D eigenvalue weighted by Crippen LogP contribution is 2.32. The van der Waals surface area contributed by atoms with Gasteiger partial charge in [0, 0.05) is 21.4 Å². The molecule has 3 aromatic heterocycles. The van der Waals surface area contributed by atoms with Crippen LogP contribution in [0, 0.1) is 13.8 Å². The molecule has 34 heavy (non-hydrogen) atoms. The molecule has 0 fully saturated rings. The predicted octanol–water partition coefficient (Wildman–Crippen LogP) is 6.79. The van der Waals surface area contributed by atoms with Gasteiger partial charge >= 0.3 is 0 Å². The van der Waals surface area contributed by atoms with E-state index in [1.165, 1.54) is 23.1 Å². The molecule has 9 heteroatoms. The number of benzene rings is 2. The Kier molecular flexibility index (Phi) is 6.29. The molecule has 0 spiro atoms. The van der Waals surface area contributed by atoms with Crippen molar-refractivity contribution in [3.05, 3.63) is 70.1 Å². The number of nitrogens with one attached hydrogen (secondary N) is 1. The number of hydrogen-bond acceptors (Lipinski definition) is 6. The SMILES string of the molecule is CCC(Sc1nnc2cc(C)c3cccc(C)c3n12)C(=O)Nc1nc(-c2ccc(Cl)cc2)cs1. The number of thiazole rings is 1. The Balaban J connectivity index is 1.40. The van der Waals surface area contributed by atoms with Crippen molar-refractivity contribution in [2.45, 2.75) is 37.6 Å². The molecule has 0 aliphatic heterocycles. The van der Waals surface area contributed by atoms with Gasteiger partial charge in [0.2, 0.25) is 5.91 Å². The number of rotatable bonds is 6. The molecular weight excluding hydrogens is 486 g/mol. The molecule has 1 N–H and O–H groups in total. The van der Waals surface area contributed by atoms with Crippen LogP contribution < -0.4 is 5.32 Å². The van der Waals surface area contributed by atoms with Crippen molar-refractivity contribution in [2.75, 3.05) is 5.32 Å². The lowest BCUT2D eigenvalue weighted by atomic mass is 10.1. The molecule has 0 aliphatic rings. The Morgan fingerprint density at radius 2 is 1.94 bits per heavy atom. The third-order valence-electron chi connectivity index (χ3n) is 5.68. The molecule has 1 unspecified atom stereocenters. The normalized spacial score (nSPS) is 12.4. The van der Waals surface area contributed by atoms with E-state index >= 15 is 0 Å². The van der Waals surface area contributed by atoms with Crippen LogP contribution in [0.5, 0.6) is 0 Å². The summed E-state index contributed by atoms with van der Waals surface area (Å²) in [6.07, 6.45) is 0.642. The zero-order chi connectivity index (χ0) is 23.8. The van der Waals surface area contributed by atoms with Gasteiger partial charge in [-0.1, -0.05) is 60.6 Å². The fourth-order valence-electron chi connectivity index (χ4n) is 3.93. The van der Waals surface area contributed by atoms with E-state index in [2.05, 4.69) is 56.9 Å². The monoisotopic (exact) mass is 507 g/mol. The summed E-state index contributed by atoms with van der Waals surface area (Å²) in [7, 11) is 0. The molecule has 6 nitrogen and oxygen atoms in total. The van der Waals surface area contributed by atoms with Gasteiger partial charge in [0.15, 0.2) is 15.9 Å². The molecule has 172 valence electrons. The van der Waals surface area contributed by atoms with Gasteiger partial charge in [-0.3, -0.25) is 9.20 Å². The molecule has 0 aliphatic carbocycles. The summed E-state index contributed by atoms with van der Waals surface area (Å²) < 4.78 is 2.06. The quantitative estimate of drug-likeness (QED) is 0.256. The molecule has 0 saturated heterocycles. The average molecular weight is 508 g/mol. The van der Waals surface area contributed by atoms with E-state index in [9.17, 15) is 4.79 Å². The van der Waals surface area contributed by atoms with E-state index in [1.807, 2.05) is 42.6 Å². The van der Waals surface area contributed by atoms with Crippen molar-refractivity contribution < 1.29 is 4.79 Å². The first-order valence-electron chi connectivity index (χ1n) is 10.9. The van der Waals surface area contributed by atoms with Crippen molar-refractivity contribution in [1.82, 2.24) is 19.6 Å². The maximum absolute atomic E-state index is 13.1. The second kappa shape index (κ2) is 9.37.